The molecule has 0 heterocycles. The topological polar surface area (TPSA) is 37.3 Å². The van der Waals surface area contributed by atoms with Crippen molar-refractivity contribution in [3.05, 3.63) is 0 Å². The van der Waals surface area contributed by atoms with Gasteiger partial charge in [-0.3, -0.25) is 4.79 Å². The molecule has 0 aliphatic carbocycles. The first-order valence-corrected chi connectivity index (χ1v) is 8.21. The zero-order valence-corrected chi connectivity index (χ0v) is 13.8. The van der Waals surface area contributed by atoms with E-state index in [9.17, 15) is 31.9 Å². The largest absolute Gasteiger partial charge is 0.480 e. The Balaban J connectivity index is 4.46. The highest BCUT2D eigenvalue weighted by Crippen LogP contribution is 2.41. The van der Waals surface area contributed by atoms with Crippen LogP contribution in [0.3, 0.4) is 0 Å². The molecule has 0 aliphatic heterocycles. The summed E-state index contributed by atoms with van der Waals surface area (Å²) in [6, 6.07) is 0. The van der Waals surface area contributed by atoms with Gasteiger partial charge in [0, 0.05) is 6.42 Å². The van der Waals surface area contributed by atoms with E-state index in [0.717, 1.165) is 11.8 Å². The summed E-state index contributed by atoms with van der Waals surface area (Å²) in [5.41, 5.74) is 0. The van der Waals surface area contributed by atoms with Crippen LogP contribution in [0, 0.1) is 5.92 Å². The molecule has 0 spiro atoms. The van der Waals surface area contributed by atoms with Crippen LogP contribution >= 0.6 is 11.8 Å². The van der Waals surface area contributed by atoms with Crippen molar-refractivity contribution < 1.29 is 31.9 Å². The lowest BCUT2D eigenvalue weighted by Gasteiger charge is -2.32. The number of alkyl halides is 5. The zero-order chi connectivity index (χ0) is 17.6. The lowest BCUT2D eigenvalue weighted by atomic mass is 9.90. The first-order valence-electron chi connectivity index (χ1n) is 7.22. The summed E-state index contributed by atoms with van der Waals surface area (Å²) < 4.78 is 60.5. The van der Waals surface area contributed by atoms with E-state index in [1.54, 1.807) is 13.8 Å². The Kier molecular flexibility index (Phi) is 8.16. The second kappa shape index (κ2) is 8.36. The second-order valence-electron chi connectivity index (χ2n) is 5.61. The first kappa shape index (κ1) is 21.5. The van der Waals surface area contributed by atoms with E-state index >= 15 is 0 Å². The molecule has 1 unspecified atom stereocenters. The van der Waals surface area contributed by atoms with Gasteiger partial charge in [0.2, 0.25) is 0 Å². The van der Waals surface area contributed by atoms with Crippen LogP contribution in [0.2, 0.25) is 0 Å². The molecule has 0 amide bonds. The zero-order valence-electron chi connectivity index (χ0n) is 13.0. The Morgan fingerprint density at radius 1 is 1.09 bits per heavy atom. The fourth-order valence-corrected chi connectivity index (χ4v) is 3.68. The summed E-state index contributed by atoms with van der Waals surface area (Å²) in [7, 11) is 0. The molecule has 0 rings (SSSR count). The van der Waals surface area contributed by atoms with Crippen LogP contribution in [0.1, 0.15) is 52.9 Å². The molecule has 1 N–H and O–H groups in total. The van der Waals surface area contributed by atoms with Crippen LogP contribution in [0.5, 0.6) is 0 Å². The van der Waals surface area contributed by atoms with Crippen molar-refractivity contribution in [2.45, 2.75) is 69.7 Å². The van der Waals surface area contributed by atoms with Gasteiger partial charge >= 0.3 is 18.1 Å². The van der Waals surface area contributed by atoms with Gasteiger partial charge in [-0.2, -0.15) is 22.0 Å². The highest BCUT2D eigenvalue weighted by Gasteiger charge is 2.56. The molecule has 132 valence electrons. The minimum atomic E-state index is -5.52. The van der Waals surface area contributed by atoms with Gasteiger partial charge in [0.1, 0.15) is 4.75 Å². The standard InChI is InChI=1S/C14H23F5O2S/c1-4-7-12(10(2)3,11(20)21)22-9-6-5-8-13(15,16)14(17,18)19/h10H,4-9H2,1-3H3,(H,20,21). The number of aliphatic carboxylic acids is 1. The van der Waals surface area contributed by atoms with Crippen molar-refractivity contribution >= 4 is 17.7 Å². The molecule has 0 aliphatic rings. The maximum Gasteiger partial charge on any atom is 0.453 e. The number of carboxylic acids is 1. The smallest absolute Gasteiger partial charge is 0.453 e. The normalized spacial score (nSPS) is 15.9. The van der Waals surface area contributed by atoms with Gasteiger partial charge in [-0.1, -0.05) is 27.2 Å². The summed E-state index contributed by atoms with van der Waals surface area (Å²) >= 11 is 1.14. The van der Waals surface area contributed by atoms with Crippen LogP contribution < -0.4 is 0 Å². The van der Waals surface area contributed by atoms with Crippen molar-refractivity contribution in [1.82, 2.24) is 0 Å². The lowest BCUT2D eigenvalue weighted by molar-refractivity contribution is -0.284. The van der Waals surface area contributed by atoms with Gasteiger partial charge in [-0.15, -0.1) is 11.8 Å². The first-order chi connectivity index (χ1) is 9.90. The average Bonchev–Trinajstić information content (AvgIpc) is 2.34. The molecule has 0 bridgehead atoms. The molecule has 0 aromatic rings. The van der Waals surface area contributed by atoms with Gasteiger partial charge in [0.25, 0.3) is 0 Å². The summed E-state index contributed by atoms with van der Waals surface area (Å²) in [5.74, 6) is -5.55. The van der Waals surface area contributed by atoms with Crippen LogP contribution in [0.25, 0.3) is 0 Å². The number of thioether (sulfide) groups is 1. The van der Waals surface area contributed by atoms with Crippen molar-refractivity contribution in [1.29, 1.82) is 0 Å². The molecule has 0 saturated heterocycles. The fourth-order valence-electron chi connectivity index (χ4n) is 2.16. The van der Waals surface area contributed by atoms with Crippen LogP contribution in [0.15, 0.2) is 0 Å². The van der Waals surface area contributed by atoms with Crippen LogP contribution in [0.4, 0.5) is 22.0 Å². The number of unbranched alkanes of at least 4 members (excludes halogenated alkanes) is 1. The van der Waals surface area contributed by atoms with E-state index in [1.165, 1.54) is 0 Å². The minimum Gasteiger partial charge on any atom is -0.480 e. The van der Waals surface area contributed by atoms with Gasteiger partial charge in [-0.05, 0) is 30.9 Å². The number of halogens is 5. The third-order valence-electron chi connectivity index (χ3n) is 3.58. The molecule has 0 fully saturated rings. The predicted octanol–water partition coefficient (Wildman–Crippen LogP) is 5.37. The Labute approximate surface area is 131 Å². The Morgan fingerprint density at radius 3 is 2.00 bits per heavy atom. The molecule has 0 aromatic heterocycles. The molecular formula is C14H23F5O2S. The van der Waals surface area contributed by atoms with E-state index in [0.29, 0.717) is 12.8 Å². The Morgan fingerprint density at radius 2 is 1.64 bits per heavy atom. The van der Waals surface area contributed by atoms with Gasteiger partial charge < -0.3 is 5.11 Å². The van der Waals surface area contributed by atoms with Crippen molar-refractivity contribution in [2.24, 2.45) is 5.92 Å². The monoisotopic (exact) mass is 350 g/mol. The lowest BCUT2D eigenvalue weighted by Crippen LogP contribution is -2.40. The molecule has 0 saturated carbocycles. The van der Waals surface area contributed by atoms with E-state index in [-0.39, 0.29) is 24.5 Å². The fraction of sp³-hybridized carbons (Fsp3) is 0.929. The number of hydrogen-bond donors (Lipinski definition) is 1. The van der Waals surface area contributed by atoms with E-state index in [4.69, 9.17) is 0 Å². The number of carboxylic acid groups (broad SMARTS) is 1. The quantitative estimate of drug-likeness (QED) is 0.425. The molecule has 2 nitrogen and oxygen atoms in total. The van der Waals surface area contributed by atoms with Crippen molar-refractivity contribution in [2.75, 3.05) is 5.75 Å². The molecule has 0 aromatic carbocycles. The van der Waals surface area contributed by atoms with Gasteiger partial charge in [0.05, 0.1) is 0 Å². The van der Waals surface area contributed by atoms with E-state index in [1.807, 2.05) is 6.92 Å². The maximum atomic E-state index is 12.7. The minimum absolute atomic E-state index is 0.127. The summed E-state index contributed by atoms with van der Waals surface area (Å²) in [4.78, 5) is 11.5. The number of carbonyl (C=O) groups is 1. The van der Waals surface area contributed by atoms with Crippen LogP contribution in [-0.2, 0) is 4.79 Å². The molecular weight excluding hydrogens is 327 g/mol. The Hall–Kier alpha value is -0.530. The predicted molar refractivity (Wildman–Crippen MR) is 77.4 cm³/mol. The third-order valence-corrected chi connectivity index (χ3v) is 5.43. The molecule has 1 atom stereocenters. The van der Waals surface area contributed by atoms with E-state index in [2.05, 4.69) is 0 Å². The highest BCUT2D eigenvalue weighted by molar-refractivity contribution is 8.01. The number of hydrogen-bond acceptors (Lipinski definition) is 2. The average molecular weight is 350 g/mol. The Bertz CT molecular complexity index is 358. The molecule has 22 heavy (non-hydrogen) atoms. The van der Waals surface area contributed by atoms with Crippen molar-refractivity contribution in [3.63, 3.8) is 0 Å². The van der Waals surface area contributed by atoms with E-state index < -0.39 is 29.2 Å². The SMILES string of the molecule is CCCC(SCCCCC(F)(F)C(F)(F)F)(C(=O)O)C(C)C. The third kappa shape index (κ3) is 5.59. The second-order valence-corrected chi connectivity index (χ2v) is 7.03. The highest BCUT2D eigenvalue weighted by atomic mass is 32.2. The maximum absolute atomic E-state index is 12.7. The summed E-state index contributed by atoms with van der Waals surface area (Å²) in [6.45, 7) is 5.40. The summed E-state index contributed by atoms with van der Waals surface area (Å²) in [5, 5.41) is 9.43. The molecule has 0 radical (unpaired) electrons. The van der Waals surface area contributed by atoms with Gasteiger partial charge in [-0.25, -0.2) is 0 Å². The summed E-state index contributed by atoms with van der Waals surface area (Å²) in [6.07, 6.45) is -5.86. The number of rotatable bonds is 10. The van der Waals surface area contributed by atoms with Crippen molar-refractivity contribution in [3.8, 4) is 0 Å². The van der Waals surface area contributed by atoms with Crippen LogP contribution in [-0.4, -0.2) is 33.7 Å². The molecule has 8 heteroatoms. The van der Waals surface area contributed by atoms with Gasteiger partial charge in [0.15, 0.2) is 0 Å².